The minimum absolute atomic E-state index is 0.580. The van der Waals surface area contributed by atoms with E-state index >= 15 is 0 Å². The monoisotopic (exact) mass is 305 g/mol. The van der Waals surface area contributed by atoms with Crippen LogP contribution < -0.4 is 10.1 Å². The minimum Gasteiger partial charge on any atom is -0.491 e. The Morgan fingerprint density at radius 2 is 2.00 bits per heavy atom. The van der Waals surface area contributed by atoms with Crippen molar-refractivity contribution in [3.63, 3.8) is 0 Å². The summed E-state index contributed by atoms with van der Waals surface area (Å²) in [5.74, 6) is 0.945. The molecule has 1 aromatic heterocycles. The summed E-state index contributed by atoms with van der Waals surface area (Å²) in [7, 11) is 0. The highest BCUT2D eigenvalue weighted by molar-refractivity contribution is 7.09. The van der Waals surface area contributed by atoms with Crippen molar-refractivity contribution in [2.45, 2.75) is 26.5 Å². The van der Waals surface area contributed by atoms with Crippen molar-refractivity contribution in [2.75, 3.05) is 19.8 Å². The number of thiophene rings is 1. The first-order valence-corrected chi connectivity index (χ1v) is 8.29. The Labute approximate surface area is 130 Å². The van der Waals surface area contributed by atoms with Gasteiger partial charge < -0.3 is 14.8 Å². The van der Waals surface area contributed by atoms with E-state index in [1.165, 1.54) is 10.4 Å². The van der Waals surface area contributed by atoms with Crippen LogP contribution in [0.25, 0.3) is 0 Å². The van der Waals surface area contributed by atoms with Gasteiger partial charge in [-0.15, -0.1) is 11.3 Å². The van der Waals surface area contributed by atoms with Crippen LogP contribution in [0.3, 0.4) is 0 Å². The Morgan fingerprint density at radius 3 is 2.81 bits per heavy atom. The topological polar surface area (TPSA) is 30.5 Å². The smallest absolute Gasteiger partial charge is 0.123 e. The first-order chi connectivity index (χ1) is 10.4. The van der Waals surface area contributed by atoms with Crippen LogP contribution in [0.1, 0.15) is 23.8 Å². The lowest BCUT2D eigenvalue weighted by molar-refractivity contribution is 0.0902. The van der Waals surface area contributed by atoms with Gasteiger partial charge in [0.2, 0.25) is 0 Å². The summed E-state index contributed by atoms with van der Waals surface area (Å²) >= 11 is 1.72. The summed E-state index contributed by atoms with van der Waals surface area (Å²) in [4.78, 5) is 1.25. The molecule has 2 rings (SSSR count). The molecule has 1 N–H and O–H groups in total. The van der Waals surface area contributed by atoms with Gasteiger partial charge in [0.05, 0.1) is 13.2 Å². The fourth-order valence-corrected chi connectivity index (χ4v) is 2.61. The molecule has 0 bridgehead atoms. The van der Waals surface area contributed by atoms with E-state index < -0.39 is 0 Å². The Bertz CT molecular complexity index is 499. The van der Waals surface area contributed by atoms with Gasteiger partial charge in [-0.1, -0.05) is 31.2 Å². The number of hydrogen-bond acceptors (Lipinski definition) is 4. The highest BCUT2D eigenvalue weighted by Gasteiger charge is 2.02. The molecule has 21 heavy (non-hydrogen) atoms. The molecule has 114 valence electrons. The van der Waals surface area contributed by atoms with Crippen LogP contribution in [0.2, 0.25) is 0 Å². The Hall–Kier alpha value is -1.36. The summed E-state index contributed by atoms with van der Waals surface area (Å²) in [6, 6.07) is 12.3. The minimum atomic E-state index is 0.580. The van der Waals surface area contributed by atoms with Gasteiger partial charge in [0.25, 0.3) is 0 Å². The molecule has 0 saturated heterocycles. The third-order valence-corrected chi connectivity index (χ3v) is 3.87. The van der Waals surface area contributed by atoms with Gasteiger partial charge in [-0.2, -0.15) is 0 Å². The molecule has 1 heterocycles. The molecule has 0 fully saturated rings. The van der Waals surface area contributed by atoms with Crippen molar-refractivity contribution < 1.29 is 9.47 Å². The first kappa shape index (κ1) is 16.0. The highest BCUT2D eigenvalue weighted by atomic mass is 32.1. The molecular formula is C17H23NO2S. The van der Waals surface area contributed by atoms with Gasteiger partial charge in [0, 0.05) is 17.0 Å². The highest BCUT2D eigenvalue weighted by Crippen LogP contribution is 2.17. The number of ether oxygens (including phenoxy) is 2. The van der Waals surface area contributed by atoms with Gasteiger partial charge in [-0.25, -0.2) is 0 Å². The van der Waals surface area contributed by atoms with E-state index in [9.17, 15) is 0 Å². The van der Waals surface area contributed by atoms with Gasteiger partial charge >= 0.3 is 0 Å². The van der Waals surface area contributed by atoms with Crippen LogP contribution in [-0.2, 0) is 17.9 Å². The second kappa shape index (κ2) is 9.55. The third-order valence-electron chi connectivity index (χ3n) is 3.02. The lowest BCUT2D eigenvalue weighted by atomic mass is 10.2. The maximum atomic E-state index is 5.83. The SMILES string of the molecule is CCCNCc1ccccc1OCCOCc1cccs1. The zero-order chi connectivity index (χ0) is 14.8. The molecule has 0 aliphatic carbocycles. The summed E-state index contributed by atoms with van der Waals surface area (Å²) in [6.45, 7) is 5.89. The lowest BCUT2D eigenvalue weighted by Gasteiger charge is -2.12. The predicted octanol–water partition coefficient (Wildman–Crippen LogP) is 3.84. The van der Waals surface area contributed by atoms with Gasteiger partial charge in [0.1, 0.15) is 12.4 Å². The second-order valence-electron chi connectivity index (χ2n) is 4.76. The van der Waals surface area contributed by atoms with Crippen molar-refractivity contribution in [1.82, 2.24) is 5.32 Å². The molecule has 0 atom stereocenters. The third kappa shape index (κ3) is 5.87. The second-order valence-corrected chi connectivity index (χ2v) is 5.80. The summed E-state index contributed by atoms with van der Waals surface area (Å²) in [5.41, 5.74) is 1.20. The average molecular weight is 305 g/mol. The molecule has 0 amide bonds. The van der Waals surface area contributed by atoms with Gasteiger partial charge in [-0.3, -0.25) is 0 Å². The van der Waals surface area contributed by atoms with E-state index in [2.05, 4.69) is 29.8 Å². The largest absolute Gasteiger partial charge is 0.491 e. The van der Waals surface area contributed by atoms with Crippen LogP contribution >= 0.6 is 11.3 Å². The zero-order valence-corrected chi connectivity index (χ0v) is 13.3. The van der Waals surface area contributed by atoms with E-state index in [1.807, 2.05) is 24.3 Å². The number of benzene rings is 1. The lowest BCUT2D eigenvalue weighted by Crippen LogP contribution is -2.15. The Kier molecular flexibility index (Phi) is 7.29. The van der Waals surface area contributed by atoms with E-state index in [1.54, 1.807) is 11.3 Å². The van der Waals surface area contributed by atoms with E-state index in [4.69, 9.17) is 9.47 Å². The summed E-state index contributed by atoms with van der Waals surface area (Å²) in [5, 5.41) is 5.47. The number of nitrogens with one attached hydrogen (secondary N) is 1. The predicted molar refractivity (Wildman–Crippen MR) is 87.9 cm³/mol. The molecule has 1 aromatic carbocycles. The molecule has 0 unspecified atom stereocenters. The zero-order valence-electron chi connectivity index (χ0n) is 12.5. The first-order valence-electron chi connectivity index (χ1n) is 7.41. The van der Waals surface area contributed by atoms with Crippen molar-refractivity contribution >= 4 is 11.3 Å². The maximum absolute atomic E-state index is 5.83. The van der Waals surface area contributed by atoms with Crippen molar-refractivity contribution in [2.24, 2.45) is 0 Å². The normalized spacial score (nSPS) is 10.7. The molecule has 0 spiro atoms. The Morgan fingerprint density at radius 1 is 1.10 bits per heavy atom. The Balaban J connectivity index is 1.69. The number of para-hydroxylation sites is 1. The quantitative estimate of drug-likeness (QED) is 0.676. The molecule has 0 aliphatic rings. The fraction of sp³-hybridized carbons (Fsp3) is 0.412. The van der Waals surface area contributed by atoms with E-state index in [0.29, 0.717) is 19.8 Å². The fourth-order valence-electron chi connectivity index (χ4n) is 1.97. The van der Waals surface area contributed by atoms with Crippen molar-refractivity contribution in [3.05, 3.63) is 52.2 Å². The molecule has 0 radical (unpaired) electrons. The van der Waals surface area contributed by atoms with Crippen molar-refractivity contribution in [1.29, 1.82) is 0 Å². The molecule has 0 saturated carbocycles. The van der Waals surface area contributed by atoms with Crippen LogP contribution in [0, 0.1) is 0 Å². The number of rotatable bonds is 10. The average Bonchev–Trinajstić information content (AvgIpc) is 3.02. The van der Waals surface area contributed by atoms with Crippen LogP contribution in [0.4, 0.5) is 0 Å². The molecule has 0 aliphatic heterocycles. The van der Waals surface area contributed by atoms with Gasteiger partial charge in [-0.05, 0) is 30.5 Å². The van der Waals surface area contributed by atoms with Crippen LogP contribution in [-0.4, -0.2) is 19.8 Å². The molecule has 2 aromatic rings. The van der Waals surface area contributed by atoms with E-state index in [-0.39, 0.29) is 0 Å². The summed E-state index contributed by atoms with van der Waals surface area (Å²) < 4.78 is 11.4. The van der Waals surface area contributed by atoms with Crippen molar-refractivity contribution in [3.8, 4) is 5.75 Å². The maximum Gasteiger partial charge on any atom is 0.123 e. The number of hydrogen-bond donors (Lipinski definition) is 1. The van der Waals surface area contributed by atoms with Gasteiger partial charge in [0.15, 0.2) is 0 Å². The van der Waals surface area contributed by atoms with Crippen LogP contribution in [0.15, 0.2) is 41.8 Å². The molecule has 4 heteroatoms. The standard InChI is InChI=1S/C17H23NO2S/c1-2-9-18-13-15-6-3-4-8-17(15)20-11-10-19-14-16-7-5-12-21-16/h3-8,12,18H,2,9-11,13-14H2,1H3. The molecule has 3 nitrogen and oxygen atoms in total. The summed E-state index contributed by atoms with van der Waals surface area (Å²) in [6.07, 6.45) is 1.14. The van der Waals surface area contributed by atoms with E-state index in [0.717, 1.165) is 25.3 Å². The van der Waals surface area contributed by atoms with Crippen LogP contribution in [0.5, 0.6) is 5.75 Å². The molecular weight excluding hydrogens is 282 g/mol.